The standard InChI is InChI=1S/C23H25N5OS.ClH/c1-15-12-16(2)21-19(13-15)26-23(30-21)28(11-7-10-27(3)4)22(29)20-14-24-17-8-5-6-9-18(17)25-20;/h5-6,8-9,12-14H,7,10-11H2,1-4H3;1H. The van der Waals surface area contributed by atoms with Crippen molar-refractivity contribution in [3.63, 3.8) is 0 Å². The molecule has 31 heavy (non-hydrogen) atoms. The molecule has 0 spiro atoms. The van der Waals surface area contributed by atoms with Crippen molar-refractivity contribution in [3.8, 4) is 0 Å². The van der Waals surface area contributed by atoms with Gasteiger partial charge in [0.1, 0.15) is 5.69 Å². The fourth-order valence-corrected chi connectivity index (χ4v) is 4.55. The van der Waals surface area contributed by atoms with Crippen molar-refractivity contribution in [2.75, 3.05) is 32.1 Å². The largest absolute Gasteiger partial charge is 0.309 e. The highest BCUT2D eigenvalue weighted by Gasteiger charge is 2.23. The summed E-state index contributed by atoms with van der Waals surface area (Å²) in [5, 5.41) is 0.706. The van der Waals surface area contributed by atoms with Crippen LogP contribution in [-0.4, -0.2) is 52.9 Å². The highest BCUT2D eigenvalue weighted by atomic mass is 35.5. The predicted molar refractivity (Wildman–Crippen MR) is 131 cm³/mol. The number of benzene rings is 2. The van der Waals surface area contributed by atoms with Crippen LogP contribution in [0.25, 0.3) is 21.3 Å². The first kappa shape index (κ1) is 23.1. The van der Waals surface area contributed by atoms with Crippen LogP contribution in [0.15, 0.2) is 42.6 Å². The monoisotopic (exact) mass is 455 g/mol. The van der Waals surface area contributed by atoms with Gasteiger partial charge in [0.05, 0.1) is 27.4 Å². The van der Waals surface area contributed by atoms with Crippen LogP contribution in [-0.2, 0) is 0 Å². The third kappa shape index (κ3) is 5.01. The quantitative estimate of drug-likeness (QED) is 0.414. The van der Waals surface area contributed by atoms with Gasteiger partial charge in [0.15, 0.2) is 5.13 Å². The predicted octanol–water partition coefficient (Wildman–Crippen LogP) is 4.88. The lowest BCUT2D eigenvalue weighted by molar-refractivity contribution is 0.0981. The van der Waals surface area contributed by atoms with E-state index in [1.807, 2.05) is 38.4 Å². The molecule has 0 fully saturated rings. The molecular formula is C23H26ClN5OS. The minimum absolute atomic E-state index is 0. The Labute approximate surface area is 192 Å². The molecule has 0 aliphatic heterocycles. The normalized spacial score (nSPS) is 11.1. The average Bonchev–Trinajstić information content (AvgIpc) is 3.14. The van der Waals surface area contributed by atoms with E-state index in [2.05, 4.69) is 40.8 Å². The maximum atomic E-state index is 13.5. The molecule has 2 aromatic carbocycles. The van der Waals surface area contributed by atoms with Gasteiger partial charge in [-0.1, -0.05) is 29.5 Å². The number of hydrogen-bond donors (Lipinski definition) is 0. The van der Waals surface area contributed by atoms with E-state index < -0.39 is 0 Å². The Balaban J connectivity index is 0.00000272. The summed E-state index contributed by atoms with van der Waals surface area (Å²) in [7, 11) is 4.07. The van der Waals surface area contributed by atoms with Crippen molar-refractivity contribution in [3.05, 3.63) is 59.4 Å². The van der Waals surface area contributed by atoms with Crippen molar-refractivity contribution < 1.29 is 4.79 Å². The fraction of sp³-hybridized carbons (Fsp3) is 0.304. The van der Waals surface area contributed by atoms with E-state index in [1.54, 1.807) is 22.4 Å². The molecule has 1 amide bonds. The lowest BCUT2D eigenvalue weighted by atomic mass is 10.1. The van der Waals surface area contributed by atoms with Crippen LogP contribution in [0.4, 0.5) is 5.13 Å². The lowest BCUT2D eigenvalue weighted by Crippen LogP contribution is -2.34. The van der Waals surface area contributed by atoms with Gasteiger partial charge in [-0.15, -0.1) is 12.4 Å². The Morgan fingerprint density at radius 2 is 1.74 bits per heavy atom. The van der Waals surface area contributed by atoms with E-state index >= 15 is 0 Å². The van der Waals surface area contributed by atoms with Crippen LogP contribution in [0.1, 0.15) is 28.0 Å². The Hall–Kier alpha value is -2.61. The van der Waals surface area contributed by atoms with Crippen molar-refractivity contribution in [2.45, 2.75) is 20.3 Å². The summed E-state index contributed by atoms with van der Waals surface area (Å²) < 4.78 is 1.12. The Morgan fingerprint density at radius 3 is 2.48 bits per heavy atom. The number of aromatic nitrogens is 3. The number of aryl methyl sites for hydroxylation is 2. The molecule has 8 heteroatoms. The molecule has 0 radical (unpaired) electrons. The summed E-state index contributed by atoms with van der Waals surface area (Å²) in [4.78, 5) is 31.1. The average molecular weight is 456 g/mol. The summed E-state index contributed by atoms with van der Waals surface area (Å²) in [6.07, 6.45) is 2.40. The van der Waals surface area contributed by atoms with Crippen molar-refractivity contribution in [1.82, 2.24) is 19.9 Å². The molecule has 0 bridgehead atoms. The molecule has 4 rings (SSSR count). The number of fused-ring (bicyclic) bond motifs is 2. The number of amides is 1. The first-order chi connectivity index (χ1) is 14.4. The molecule has 0 unspecified atom stereocenters. The molecule has 0 aliphatic carbocycles. The molecule has 0 saturated heterocycles. The summed E-state index contributed by atoms with van der Waals surface area (Å²) in [6.45, 7) is 5.61. The molecule has 0 N–H and O–H groups in total. The molecule has 2 heterocycles. The number of carbonyl (C=O) groups excluding carboxylic acids is 1. The van der Waals surface area contributed by atoms with Crippen LogP contribution in [0.2, 0.25) is 0 Å². The van der Waals surface area contributed by atoms with E-state index in [9.17, 15) is 4.79 Å². The SMILES string of the molecule is Cc1cc(C)c2sc(N(CCCN(C)C)C(=O)c3cnc4ccccc4n3)nc2c1.Cl. The third-order valence-corrected chi connectivity index (χ3v) is 6.17. The van der Waals surface area contributed by atoms with Crippen LogP contribution < -0.4 is 4.90 Å². The number of para-hydroxylation sites is 2. The Morgan fingerprint density at radius 1 is 1.00 bits per heavy atom. The van der Waals surface area contributed by atoms with Crippen LogP contribution in [0.5, 0.6) is 0 Å². The van der Waals surface area contributed by atoms with Crippen LogP contribution >= 0.6 is 23.7 Å². The summed E-state index contributed by atoms with van der Waals surface area (Å²) >= 11 is 1.56. The molecular weight excluding hydrogens is 430 g/mol. The second-order valence-electron chi connectivity index (χ2n) is 7.78. The van der Waals surface area contributed by atoms with Gasteiger partial charge in [-0.2, -0.15) is 0 Å². The number of rotatable bonds is 6. The fourth-order valence-electron chi connectivity index (χ4n) is 3.51. The smallest absolute Gasteiger partial charge is 0.280 e. The number of halogens is 1. The number of hydrogen-bond acceptors (Lipinski definition) is 6. The molecule has 0 atom stereocenters. The maximum absolute atomic E-state index is 13.5. The molecule has 0 saturated carbocycles. The van der Waals surface area contributed by atoms with Crippen molar-refractivity contribution >= 4 is 56.0 Å². The van der Waals surface area contributed by atoms with Gasteiger partial charge in [-0.3, -0.25) is 14.7 Å². The molecule has 162 valence electrons. The Kier molecular flexibility index (Phi) is 7.20. The van der Waals surface area contributed by atoms with E-state index in [1.165, 1.54) is 11.1 Å². The van der Waals surface area contributed by atoms with Crippen molar-refractivity contribution in [2.24, 2.45) is 0 Å². The minimum Gasteiger partial charge on any atom is -0.309 e. The molecule has 4 aromatic rings. The van der Waals surface area contributed by atoms with E-state index in [0.29, 0.717) is 22.9 Å². The highest BCUT2D eigenvalue weighted by Crippen LogP contribution is 2.32. The van der Waals surface area contributed by atoms with E-state index in [4.69, 9.17) is 4.98 Å². The number of carbonyl (C=O) groups is 1. The van der Waals surface area contributed by atoms with E-state index in [-0.39, 0.29) is 18.3 Å². The van der Waals surface area contributed by atoms with Gasteiger partial charge >= 0.3 is 0 Å². The van der Waals surface area contributed by atoms with Crippen LogP contribution in [0, 0.1) is 13.8 Å². The second kappa shape index (κ2) is 9.68. The summed E-state index contributed by atoms with van der Waals surface area (Å²) in [5.41, 5.74) is 5.11. The number of thiazole rings is 1. The van der Waals surface area contributed by atoms with E-state index in [0.717, 1.165) is 28.7 Å². The Bertz CT molecular complexity index is 1220. The second-order valence-corrected chi connectivity index (χ2v) is 8.76. The summed E-state index contributed by atoms with van der Waals surface area (Å²) in [6, 6.07) is 11.8. The minimum atomic E-state index is -0.166. The van der Waals surface area contributed by atoms with Crippen LogP contribution in [0.3, 0.4) is 0 Å². The molecule has 0 aliphatic rings. The zero-order chi connectivity index (χ0) is 21.3. The highest BCUT2D eigenvalue weighted by molar-refractivity contribution is 7.22. The van der Waals surface area contributed by atoms with Gasteiger partial charge in [0.25, 0.3) is 5.91 Å². The number of anilines is 1. The van der Waals surface area contributed by atoms with Gasteiger partial charge in [-0.05, 0) is 70.2 Å². The van der Waals surface area contributed by atoms with Gasteiger partial charge in [0, 0.05) is 6.54 Å². The molecule has 2 aromatic heterocycles. The van der Waals surface area contributed by atoms with Gasteiger partial charge in [0.2, 0.25) is 0 Å². The maximum Gasteiger partial charge on any atom is 0.280 e. The first-order valence-electron chi connectivity index (χ1n) is 9.98. The zero-order valence-electron chi connectivity index (χ0n) is 18.1. The molecule has 6 nitrogen and oxygen atoms in total. The van der Waals surface area contributed by atoms with Crippen molar-refractivity contribution in [1.29, 1.82) is 0 Å². The summed E-state index contributed by atoms with van der Waals surface area (Å²) in [5.74, 6) is -0.166. The van der Waals surface area contributed by atoms with Gasteiger partial charge < -0.3 is 4.90 Å². The number of nitrogens with zero attached hydrogens (tertiary/aromatic N) is 5. The van der Waals surface area contributed by atoms with Gasteiger partial charge in [-0.25, -0.2) is 9.97 Å². The zero-order valence-corrected chi connectivity index (χ0v) is 19.8. The topological polar surface area (TPSA) is 62.2 Å². The first-order valence-corrected chi connectivity index (χ1v) is 10.8. The third-order valence-electron chi connectivity index (χ3n) is 4.94. The lowest BCUT2D eigenvalue weighted by Gasteiger charge is -2.20.